The molecule has 3 nitrogen and oxygen atoms in total. The first-order valence-electron chi connectivity index (χ1n) is 19.9. The summed E-state index contributed by atoms with van der Waals surface area (Å²) < 4.78 is 90.6. The molecule has 0 N–H and O–H groups in total. The van der Waals surface area contributed by atoms with E-state index in [-0.39, 0.29) is 22.8 Å². The molecule has 0 aliphatic rings. The summed E-state index contributed by atoms with van der Waals surface area (Å²) in [6, 6.07) is 50.4. The number of hydrogen-bond donors (Lipinski definition) is 0. The first-order chi connectivity index (χ1) is 29.8. The zero-order valence-corrected chi connectivity index (χ0v) is 33.2. The van der Waals surface area contributed by atoms with Crippen molar-refractivity contribution in [2.75, 3.05) is 0 Å². The number of fused-ring (bicyclic) bond motifs is 6. The molecular formula is C53H33F6N3. The van der Waals surface area contributed by atoms with E-state index >= 15 is 0 Å². The number of alkyl halides is 6. The number of para-hydroxylation sites is 2. The Labute approximate surface area is 351 Å². The van der Waals surface area contributed by atoms with Gasteiger partial charge in [0.05, 0.1) is 44.6 Å². The first-order valence-corrected chi connectivity index (χ1v) is 19.9. The van der Waals surface area contributed by atoms with Crippen LogP contribution in [0.25, 0.3) is 88.4 Å². The van der Waals surface area contributed by atoms with Gasteiger partial charge in [-0.3, -0.25) is 0 Å². The minimum absolute atomic E-state index is 0.0626. The van der Waals surface area contributed by atoms with Gasteiger partial charge in [-0.25, -0.2) is 0 Å². The topological polar surface area (TPSA) is 33.6 Å². The third-order valence-electron chi connectivity index (χ3n) is 11.9. The van der Waals surface area contributed by atoms with E-state index < -0.39 is 23.5 Å². The molecule has 2 heterocycles. The normalized spacial score (nSPS) is 12.2. The second-order valence-electron chi connectivity index (χ2n) is 15.6. The van der Waals surface area contributed by atoms with Gasteiger partial charge < -0.3 is 9.13 Å². The summed E-state index contributed by atoms with van der Waals surface area (Å²) in [5, 5.41) is 14.8. The van der Waals surface area contributed by atoms with Crippen molar-refractivity contribution in [2.45, 2.75) is 26.2 Å². The highest BCUT2D eigenvalue weighted by molar-refractivity contribution is 6.12. The van der Waals surface area contributed by atoms with E-state index in [4.69, 9.17) is 0 Å². The number of halogens is 6. The van der Waals surface area contributed by atoms with Crippen LogP contribution >= 0.6 is 0 Å². The third kappa shape index (κ3) is 6.29. The summed E-state index contributed by atoms with van der Waals surface area (Å²) in [5.74, 6) is 0. The van der Waals surface area contributed by atoms with Crippen molar-refractivity contribution in [3.63, 3.8) is 0 Å². The first kappa shape index (κ1) is 38.6. The fourth-order valence-electron chi connectivity index (χ4n) is 8.96. The van der Waals surface area contributed by atoms with Crippen LogP contribution in [-0.4, -0.2) is 9.13 Å². The molecule has 9 heteroatoms. The van der Waals surface area contributed by atoms with E-state index in [2.05, 4.69) is 6.07 Å². The van der Waals surface area contributed by atoms with Crippen molar-refractivity contribution in [3.8, 4) is 50.8 Å². The lowest BCUT2D eigenvalue weighted by atomic mass is 9.96. The van der Waals surface area contributed by atoms with Gasteiger partial charge in [0.15, 0.2) is 0 Å². The van der Waals surface area contributed by atoms with Crippen LogP contribution in [-0.2, 0) is 12.4 Å². The Balaban J connectivity index is 1.37. The summed E-state index contributed by atoms with van der Waals surface area (Å²) in [6.45, 7) is 4.03. The molecule has 0 bridgehead atoms. The molecule has 0 amide bonds. The van der Waals surface area contributed by atoms with Gasteiger partial charge in [-0.1, -0.05) is 109 Å². The molecule has 0 saturated heterocycles. The zero-order valence-electron chi connectivity index (χ0n) is 33.2. The molecular weight excluding hydrogens is 793 g/mol. The van der Waals surface area contributed by atoms with E-state index in [1.165, 1.54) is 12.1 Å². The van der Waals surface area contributed by atoms with Crippen LogP contribution in [0.2, 0.25) is 0 Å². The van der Waals surface area contributed by atoms with Gasteiger partial charge in [-0.15, -0.1) is 0 Å². The lowest BCUT2D eigenvalue weighted by Crippen LogP contribution is -2.11. The highest BCUT2D eigenvalue weighted by Gasteiger charge is 2.37. The number of nitrogens with zero attached hydrogens (tertiary/aromatic N) is 3. The van der Waals surface area contributed by atoms with Crippen LogP contribution in [0.15, 0.2) is 164 Å². The highest BCUT2D eigenvalue weighted by atomic mass is 19.4. The molecule has 10 rings (SSSR count). The minimum Gasteiger partial charge on any atom is -0.308 e. The van der Waals surface area contributed by atoms with Crippen molar-refractivity contribution in [2.24, 2.45) is 0 Å². The van der Waals surface area contributed by atoms with Crippen molar-refractivity contribution in [1.82, 2.24) is 9.13 Å². The van der Waals surface area contributed by atoms with Gasteiger partial charge in [-0.2, -0.15) is 31.6 Å². The van der Waals surface area contributed by atoms with Gasteiger partial charge in [0.1, 0.15) is 11.6 Å². The largest absolute Gasteiger partial charge is 0.416 e. The van der Waals surface area contributed by atoms with Gasteiger partial charge in [0.2, 0.25) is 0 Å². The fourth-order valence-corrected chi connectivity index (χ4v) is 8.96. The van der Waals surface area contributed by atoms with Crippen molar-refractivity contribution >= 4 is 43.6 Å². The molecule has 2 aromatic heterocycles. The van der Waals surface area contributed by atoms with Gasteiger partial charge in [0, 0.05) is 21.5 Å². The summed E-state index contributed by atoms with van der Waals surface area (Å²) in [4.78, 5) is 0. The third-order valence-corrected chi connectivity index (χ3v) is 11.9. The second-order valence-corrected chi connectivity index (χ2v) is 15.6. The molecule has 62 heavy (non-hydrogen) atoms. The Hall–Kier alpha value is -7.57. The predicted molar refractivity (Wildman–Crippen MR) is 236 cm³/mol. The molecule has 302 valence electrons. The maximum absolute atomic E-state index is 14.5. The maximum atomic E-state index is 14.5. The van der Waals surface area contributed by atoms with Crippen molar-refractivity contribution in [3.05, 3.63) is 192 Å². The second kappa shape index (κ2) is 14.3. The van der Waals surface area contributed by atoms with Crippen LogP contribution in [0.1, 0.15) is 27.8 Å². The molecule has 0 saturated carbocycles. The van der Waals surface area contributed by atoms with Crippen molar-refractivity contribution in [1.29, 1.82) is 5.26 Å². The quantitative estimate of drug-likeness (QED) is 0.159. The van der Waals surface area contributed by atoms with E-state index in [0.717, 1.165) is 67.1 Å². The minimum atomic E-state index is -5.08. The lowest BCUT2D eigenvalue weighted by molar-refractivity contribution is -0.143. The van der Waals surface area contributed by atoms with Crippen LogP contribution in [0, 0.1) is 25.2 Å². The number of nitriles is 1. The zero-order chi connectivity index (χ0) is 43.1. The number of hydrogen-bond acceptors (Lipinski definition) is 1. The Kier molecular flexibility index (Phi) is 8.89. The standard InChI is InChI=1S/C53H33F6N3/c1-31-11-3-5-13-39(31)33-19-21-43-41-15-7-9-17-46(41)61(48(43)25-33)50-27-36(35-23-37(52(54,55)56)29-38(24-35)53(57,58)59)28-51(45(50)30-60)62-47-18-10-8-16-42(47)44-22-20-34(26-49(44)62)40-14-6-4-12-32(40)2/h3-29H,1-2H3. The summed E-state index contributed by atoms with van der Waals surface area (Å²) >= 11 is 0. The van der Waals surface area contributed by atoms with Crippen LogP contribution in [0.4, 0.5) is 26.3 Å². The van der Waals surface area contributed by atoms with E-state index in [9.17, 15) is 31.6 Å². The molecule has 0 atom stereocenters. The molecule has 10 aromatic rings. The predicted octanol–water partition coefficient (Wildman–Crippen LogP) is 15.4. The highest BCUT2D eigenvalue weighted by Crippen LogP contribution is 2.44. The fraction of sp³-hybridized carbons (Fsp3) is 0.0755. The number of rotatable bonds is 5. The van der Waals surface area contributed by atoms with E-state index in [0.29, 0.717) is 33.4 Å². The number of benzene rings is 8. The monoisotopic (exact) mass is 825 g/mol. The van der Waals surface area contributed by atoms with Gasteiger partial charge in [0.25, 0.3) is 0 Å². The smallest absolute Gasteiger partial charge is 0.308 e. The average Bonchev–Trinajstić information content (AvgIpc) is 3.77. The van der Waals surface area contributed by atoms with Gasteiger partial charge in [-0.05, 0) is 113 Å². The molecule has 0 unspecified atom stereocenters. The van der Waals surface area contributed by atoms with E-state index in [1.807, 2.05) is 156 Å². The summed E-state index contributed by atoms with van der Waals surface area (Å²) in [6.07, 6.45) is -10.2. The molecule has 0 aliphatic heterocycles. The number of aryl methyl sites for hydroxylation is 2. The molecule has 0 spiro atoms. The summed E-state index contributed by atoms with van der Waals surface area (Å²) in [7, 11) is 0. The molecule has 0 aliphatic carbocycles. The van der Waals surface area contributed by atoms with E-state index in [1.54, 1.807) is 0 Å². The lowest BCUT2D eigenvalue weighted by Gasteiger charge is -2.20. The van der Waals surface area contributed by atoms with Crippen molar-refractivity contribution < 1.29 is 26.3 Å². The average molecular weight is 826 g/mol. The Bertz CT molecular complexity index is 3270. The number of aromatic nitrogens is 2. The summed E-state index contributed by atoms with van der Waals surface area (Å²) in [5.41, 5.74) is 6.30. The molecule has 0 fully saturated rings. The Morgan fingerprint density at radius 2 is 0.790 bits per heavy atom. The SMILES string of the molecule is Cc1ccccc1-c1ccc2c3ccccc3n(-c3cc(-c4cc(C(F)(F)F)cc(C(F)(F)F)c4)cc(-n4c5ccccc5c5ccc(-c6ccccc6C)cc54)c3C#N)c2c1. The van der Waals surface area contributed by atoms with Crippen LogP contribution in [0.5, 0.6) is 0 Å². The molecule has 0 radical (unpaired) electrons. The van der Waals surface area contributed by atoms with Crippen LogP contribution in [0.3, 0.4) is 0 Å². The Morgan fingerprint density at radius 1 is 0.403 bits per heavy atom. The van der Waals surface area contributed by atoms with Gasteiger partial charge >= 0.3 is 12.4 Å². The Morgan fingerprint density at radius 3 is 1.21 bits per heavy atom. The molecule has 8 aromatic carbocycles. The van der Waals surface area contributed by atoms with Crippen LogP contribution < -0.4 is 0 Å². The maximum Gasteiger partial charge on any atom is 0.416 e.